The number of carbonyl (C=O) groups is 1. The minimum absolute atomic E-state index is 0.0597. The molecule has 0 aliphatic heterocycles. The maximum absolute atomic E-state index is 12.7. The van der Waals surface area contributed by atoms with Crippen molar-refractivity contribution in [3.8, 4) is 0 Å². The van der Waals surface area contributed by atoms with E-state index in [2.05, 4.69) is 13.8 Å². The van der Waals surface area contributed by atoms with Crippen LogP contribution in [0.4, 0.5) is 0 Å². The lowest BCUT2D eigenvalue weighted by Gasteiger charge is -2.17. The predicted octanol–water partition coefficient (Wildman–Crippen LogP) is 11.2. The zero-order valence-corrected chi connectivity index (χ0v) is 28.0. The van der Waals surface area contributed by atoms with Crippen LogP contribution in [0, 0.1) is 5.92 Å². The summed E-state index contributed by atoms with van der Waals surface area (Å²) in [5.41, 5.74) is 0. The highest BCUT2D eigenvalue weighted by Gasteiger charge is 2.20. The van der Waals surface area contributed by atoms with Crippen molar-refractivity contribution in [2.45, 2.75) is 213 Å². The summed E-state index contributed by atoms with van der Waals surface area (Å²) in [6.45, 7) is 4.10. The molecule has 0 aromatic heterocycles. The van der Waals surface area contributed by atoms with Crippen molar-refractivity contribution >= 4 is 5.97 Å². The molecule has 0 rings (SSSR count). The molecule has 41 heavy (non-hydrogen) atoms. The second-order valence-electron chi connectivity index (χ2n) is 12.9. The first kappa shape index (κ1) is 40.4. The summed E-state index contributed by atoms with van der Waals surface area (Å²) in [7, 11) is 0. The summed E-state index contributed by atoms with van der Waals surface area (Å²) in [6, 6.07) is 0. The molecule has 0 saturated carbocycles. The first-order valence-corrected chi connectivity index (χ1v) is 18.6. The highest BCUT2D eigenvalue weighted by molar-refractivity contribution is 5.72. The molecule has 4 nitrogen and oxygen atoms in total. The number of esters is 1. The smallest absolute Gasteiger partial charge is 0.309 e. The van der Waals surface area contributed by atoms with Gasteiger partial charge in [-0.25, -0.2) is 0 Å². The lowest BCUT2D eigenvalue weighted by molar-refractivity contribution is -0.152. The maximum atomic E-state index is 12.7. The topological polar surface area (TPSA) is 66.8 Å². The van der Waals surface area contributed by atoms with E-state index >= 15 is 0 Å². The Kier molecular flexibility index (Phi) is 33.4. The fourth-order valence-corrected chi connectivity index (χ4v) is 5.90. The summed E-state index contributed by atoms with van der Waals surface area (Å²) < 4.78 is 5.35. The molecule has 0 aliphatic carbocycles. The van der Waals surface area contributed by atoms with Crippen LogP contribution in [-0.4, -0.2) is 35.5 Å². The Morgan fingerprint density at radius 3 is 1.02 bits per heavy atom. The van der Waals surface area contributed by atoms with Gasteiger partial charge in [0.2, 0.25) is 0 Å². The van der Waals surface area contributed by atoms with Crippen molar-refractivity contribution in [2.75, 3.05) is 13.2 Å². The van der Waals surface area contributed by atoms with Crippen LogP contribution in [-0.2, 0) is 9.53 Å². The van der Waals surface area contributed by atoms with Gasteiger partial charge in [-0.2, -0.15) is 0 Å². The Hall–Kier alpha value is -0.610. The SMILES string of the molecule is CCCCCCCCCCCCCCCCC(CCCCCCCCCCCCCCCC)C(=O)OCC(O)CO. The van der Waals surface area contributed by atoms with E-state index in [1.807, 2.05) is 0 Å². The molecule has 4 heteroatoms. The number of unbranched alkanes of at least 4 members (excludes halogenated alkanes) is 26. The molecule has 0 aromatic rings. The van der Waals surface area contributed by atoms with Gasteiger partial charge in [0.25, 0.3) is 0 Å². The Bertz CT molecular complexity index is 477. The summed E-state index contributed by atoms with van der Waals surface area (Å²) in [6.07, 6.45) is 38.3. The van der Waals surface area contributed by atoms with Gasteiger partial charge in [-0.15, -0.1) is 0 Å². The Morgan fingerprint density at radius 1 is 0.488 bits per heavy atom. The third-order valence-corrected chi connectivity index (χ3v) is 8.77. The highest BCUT2D eigenvalue weighted by Crippen LogP contribution is 2.22. The molecule has 0 bridgehead atoms. The zero-order chi connectivity index (χ0) is 30.1. The van der Waals surface area contributed by atoms with E-state index < -0.39 is 6.10 Å². The Labute approximate surface area is 257 Å². The molecule has 2 N–H and O–H groups in total. The molecule has 0 amide bonds. The third-order valence-electron chi connectivity index (χ3n) is 8.77. The number of hydrogen-bond acceptors (Lipinski definition) is 4. The van der Waals surface area contributed by atoms with Crippen LogP contribution in [0.15, 0.2) is 0 Å². The highest BCUT2D eigenvalue weighted by atomic mass is 16.5. The van der Waals surface area contributed by atoms with Crippen molar-refractivity contribution in [3.05, 3.63) is 0 Å². The molecule has 0 fully saturated rings. The average Bonchev–Trinajstić information content (AvgIpc) is 2.98. The summed E-state index contributed by atoms with van der Waals surface area (Å²) >= 11 is 0. The van der Waals surface area contributed by atoms with Gasteiger partial charge in [0, 0.05) is 0 Å². The number of aliphatic hydroxyl groups excluding tert-OH is 2. The molecule has 0 heterocycles. The first-order chi connectivity index (χ1) is 20.2. The van der Waals surface area contributed by atoms with Crippen LogP contribution in [0.25, 0.3) is 0 Å². The molecule has 0 saturated heterocycles. The normalized spacial score (nSPS) is 12.3. The van der Waals surface area contributed by atoms with Crippen molar-refractivity contribution in [2.24, 2.45) is 5.92 Å². The minimum atomic E-state index is -0.971. The van der Waals surface area contributed by atoms with Crippen molar-refractivity contribution < 1.29 is 19.7 Å². The quantitative estimate of drug-likeness (QED) is 0.0585. The van der Waals surface area contributed by atoms with Crippen LogP contribution in [0.2, 0.25) is 0 Å². The average molecular weight is 583 g/mol. The molecule has 0 radical (unpaired) electrons. The molecular formula is C37H74O4. The number of ether oxygens (including phenoxy) is 1. The molecule has 246 valence electrons. The van der Waals surface area contributed by atoms with Crippen molar-refractivity contribution in [1.29, 1.82) is 0 Å². The van der Waals surface area contributed by atoms with Gasteiger partial charge in [-0.05, 0) is 12.8 Å². The molecule has 0 spiro atoms. The van der Waals surface area contributed by atoms with Crippen LogP contribution in [0.3, 0.4) is 0 Å². The molecule has 0 aliphatic rings. The standard InChI is InChI=1S/C37H74O4/c1-3-5-7-9-11-13-15-17-19-21-23-25-27-29-31-35(37(40)41-34-36(39)33-38)32-30-28-26-24-22-20-18-16-14-12-10-8-6-4-2/h35-36,38-39H,3-34H2,1-2H3. The second-order valence-corrected chi connectivity index (χ2v) is 12.9. The number of aliphatic hydroxyl groups is 2. The van der Waals surface area contributed by atoms with Crippen LogP contribution in [0.1, 0.15) is 206 Å². The number of hydrogen-bond donors (Lipinski definition) is 2. The van der Waals surface area contributed by atoms with E-state index in [1.165, 1.54) is 167 Å². The fourth-order valence-electron chi connectivity index (χ4n) is 5.90. The predicted molar refractivity (Wildman–Crippen MR) is 177 cm³/mol. The van der Waals surface area contributed by atoms with E-state index in [4.69, 9.17) is 9.84 Å². The van der Waals surface area contributed by atoms with Crippen molar-refractivity contribution in [1.82, 2.24) is 0 Å². The molecule has 1 unspecified atom stereocenters. The lowest BCUT2D eigenvalue weighted by Crippen LogP contribution is -2.25. The van der Waals surface area contributed by atoms with Gasteiger partial charge in [-0.1, -0.05) is 194 Å². The van der Waals surface area contributed by atoms with E-state index in [9.17, 15) is 9.90 Å². The van der Waals surface area contributed by atoms with Crippen molar-refractivity contribution in [3.63, 3.8) is 0 Å². The van der Waals surface area contributed by atoms with E-state index in [1.54, 1.807) is 0 Å². The third kappa shape index (κ3) is 30.6. The lowest BCUT2D eigenvalue weighted by atomic mass is 9.94. The second kappa shape index (κ2) is 33.9. The maximum Gasteiger partial charge on any atom is 0.309 e. The fraction of sp³-hybridized carbons (Fsp3) is 0.973. The van der Waals surface area contributed by atoms with Crippen LogP contribution < -0.4 is 0 Å². The zero-order valence-electron chi connectivity index (χ0n) is 28.0. The summed E-state index contributed by atoms with van der Waals surface area (Å²) in [5.74, 6) is -0.238. The molecular weight excluding hydrogens is 508 g/mol. The summed E-state index contributed by atoms with van der Waals surface area (Å²) in [4.78, 5) is 12.7. The van der Waals surface area contributed by atoms with E-state index in [0.29, 0.717) is 0 Å². The Morgan fingerprint density at radius 2 is 0.756 bits per heavy atom. The van der Waals surface area contributed by atoms with Gasteiger partial charge in [0.05, 0.1) is 12.5 Å². The van der Waals surface area contributed by atoms with Gasteiger partial charge in [-0.3, -0.25) is 4.79 Å². The van der Waals surface area contributed by atoms with Gasteiger partial charge in [0.1, 0.15) is 12.7 Å². The number of carbonyl (C=O) groups excluding carboxylic acids is 1. The largest absolute Gasteiger partial charge is 0.463 e. The number of rotatable bonds is 34. The minimum Gasteiger partial charge on any atom is -0.463 e. The van der Waals surface area contributed by atoms with Crippen LogP contribution >= 0.6 is 0 Å². The van der Waals surface area contributed by atoms with Gasteiger partial charge in [0.15, 0.2) is 0 Å². The molecule has 1 atom stereocenters. The van der Waals surface area contributed by atoms with E-state index in [0.717, 1.165) is 25.7 Å². The monoisotopic (exact) mass is 583 g/mol. The van der Waals surface area contributed by atoms with Gasteiger partial charge >= 0.3 is 5.97 Å². The Balaban J connectivity index is 3.87. The van der Waals surface area contributed by atoms with Crippen LogP contribution in [0.5, 0.6) is 0 Å². The van der Waals surface area contributed by atoms with E-state index in [-0.39, 0.29) is 25.1 Å². The first-order valence-electron chi connectivity index (χ1n) is 18.6. The molecule has 0 aromatic carbocycles. The summed E-state index contributed by atoms with van der Waals surface area (Å²) in [5, 5.41) is 18.6. The van der Waals surface area contributed by atoms with Gasteiger partial charge < -0.3 is 14.9 Å².